The van der Waals surface area contributed by atoms with Crippen LogP contribution in [0.2, 0.25) is 5.02 Å². The minimum absolute atomic E-state index is 0.00394. The molecule has 3 aromatic carbocycles. The Kier molecular flexibility index (Phi) is 3.72. The van der Waals surface area contributed by atoms with Crippen LogP contribution in [0.15, 0.2) is 41.2 Å². The summed E-state index contributed by atoms with van der Waals surface area (Å²) in [5.41, 5.74) is 3.52. The third kappa shape index (κ3) is 2.28. The molecule has 0 aliphatic carbocycles. The van der Waals surface area contributed by atoms with Crippen LogP contribution in [0, 0.1) is 0 Å². The quantitative estimate of drug-likeness (QED) is 0.305. The molecule has 0 bridgehead atoms. The van der Waals surface area contributed by atoms with E-state index in [0.717, 1.165) is 32.1 Å². The van der Waals surface area contributed by atoms with Gasteiger partial charge in [-0.1, -0.05) is 0 Å². The van der Waals surface area contributed by atoms with Gasteiger partial charge in [0.05, 0.1) is 0 Å². The number of nitrogens with zero attached hydrogens (tertiary/aromatic N) is 1. The summed E-state index contributed by atoms with van der Waals surface area (Å²) in [6, 6.07) is 11.3. The van der Waals surface area contributed by atoms with Gasteiger partial charge in [0.15, 0.2) is 0 Å². The first-order valence-corrected chi connectivity index (χ1v) is 9.57. The zero-order valence-corrected chi connectivity index (χ0v) is 15.6. The second-order valence-corrected chi connectivity index (χ2v) is 8.17. The molecule has 4 aromatic rings. The molecule has 1 heterocycles. The van der Waals surface area contributed by atoms with Crippen LogP contribution in [0.4, 0.5) is 11.4 Å². The van der Waals surface area contributed by atoms with Crippen LogP contribution in [0.25, 0.3) is 30.3 Å². The molecule has 0 saturated carbocycles. The summed E-state index contributed by atoms with van der Waals surface area (Å²) in [5, 5.41) is 8.57. The van der Waals surface area contributed by atoms with Gasteiger partial charge in [0, 0.05) is 0 Å². The normalized spacial score (nSPS) is 11.3. The number of hydrogen-bond acceptors (Lipinski definition) is 4. The molecule has 0 spiro atoms. The standard InChI is InChI=1S/C18H14ClN3OSe/c1-20-10-4-5-13(23)16-12(21-2)8-15-18(17(10)16)22-11-7-9(19)3-6-14(11)24-15/h3-8,20-21H,1-2H3. The Balaban J connectivity index is 2.30. The van der Waals surface area contributed by atoms with E-state index in [2.05, 4.69) is 16.7 Å². The van der Waals surface area contributed by atoms with Gasteiger partial charge in [-0.25, -0.2) is 0 Å². The molecule has 6 heteroatoms. The molecule has 0 fully saturated rings. The van der Waals surface area contributed by atoms with Crippen molar-refractivity contribution in [3.05, 3.63) is 51.6 Å². The Labute approximate surface area is 149 Å². The zero-order valence-electron chi connectivity index (χ0n) is 13.1. The summed E-state index contributed by atoms with van der Waals surface area (Å²) < 4.78 is 2.36. The molecule has 0 saturated heterocycles. The molecular weight excluding hydrogens is 389 g/mol. The van der Waals surface area contributed by atoms with Crippen LogP contribution < -0.4 is 16.1 Å². The number of fused-ring (bicyclic) bond motifs is 4. The van der Waals surface area contributed by atoms with Crippen LogP contribution in [-0.2, 0) is 0 Å². The van der Waals surface area contributed by atoms with Gasteiger partial charge in [0.1, 0.15) is 0 Å². The Morgan fingerprint density at radius 2 is 1.75 bits per heavy atom. The Morgan fingerprint density at radius 3 is 2.50 bits per heavy atom. The summed E-state index contributed by atoms with van der Waals surface area (Å²) in [6.07, 6.45) is 0. The van der Waals surface area contributed by atoms with E-state index in [1.807, 2.05) is 38.4 Å². The molecule has 0 aliphatic heterocycles. The first-order valence-electron chi connectivity index (χ1n) is 7.47. The molecular formula is C18H14ClN3OSe. The van der Waals surface area contributed by atoms with Crippen molar-refractivity contribution in [1.82, 2.24) is 4.98 Å². The maximum absolute atomic E-state index is 12.5. The van der Waals surface area contributed by atoms with Crippen molar-refractivity contribution in [1.29, 1.82) is 0 Å². The summed E-state index contributed by atoms with van der Waals surface area (Å²) in [6.45, 7) is 0. The second kappa shape index (κ2) is 5.78. The fourth-order valence-electron chi connectivity index (χ4n) is 2.99. The van der Waals surface area contributed by atoms with Gasteiger partial charge in [-0.2, -0.15) is 0 Å². The molecule has 0 atom stereocenters. The van der Waals surface area contributed by atoms with Gasteiger partial charge in [-0.05, 0) is 0 Å². The molecule has 0 radical (unpaired) electrons. The topological polar surface area (TPSA) is 54.0 Å². The van der Waals surface area contributed by atoms with Crippen molar-refractivity contribution in [2.24, 2.45) is 0 Å². The molecule has 0 amide bonds. The van der Waals surface area contributed by atoms with Crippen LogP contribution in [0.1, 0.15) is 0 Å². The Hall–Kier alpha value is -2.07. The van der Waals surface area contributed by atoms with Crippen LogP contribution in [0.5, 0.6) is 0 Å². The van der Waals surface area contributed by atoms with E-state index in [1.54, 1.807) is 6.07 Å². The number of halogens is 1. The molecule has 1 aromatic heterocycles. The third-order valence-corrected chi connectivity index (χ3v) is 6.63. The van der Waals surface area contributed by atoms with E-state index >= 15 is 0 Å². The first kappa shape index (κ1) is 15.5. The SMILES string of the molecule is CNc1cc2[se]c3ccc(Cl)cc3nc2c2c(NC)ccc(=O)c12. The maximum atomic E-state index is 12.5. The van der Waals surface area contributed by atoms with Gasteiger partial charge in [-0.15, -0.1) is 0 Å². The van der Waals surface area contributed by atoms with E-state index in [1.165, 1.54) is 4.26 Å². The number of hydrogen-bond donors (Lipinski definition) is 2. The second-order valence-electron chi connectivity index (χ2n) is 5.46. The first-order chi connectivity index (χ1) is 11.6. The number of rotatable bonds is 2. The number of benzene rings is 3. The average Bonchev–Trinajstić information content (AvgIpc) is 2.59. The van der Waals surface area contributed by atoms with Crippen LogP contribution >= 0.6 is 11.6 Å². The summed E-state index contributed by atoms with van der Waals surface area (Å²) in [5.74, 6) is 0. The monoisotopic (exact) mass is 403 g/mol. The van der Waals surface area contributed by atoms with Crippen molar-refractivity contribution in [3.63, 3.8) is 0 Å². The van der Waals surface area contributed by atoms with Crippen LogP contribution in [0.3, 0.4) is 0 Å². The molecule has 24 heavy (non-hydrogen) atoms. The Bertz CT molecular complexity index is 1170. The fourth-order valence-corrected chi connectivity index (χ4v) is 5.26. The zero-order chi connectivity index (χ0) is 16.8. The Morgan fingerprint density at radius 1 is 0.958 bits per heavy atom. The van der Waals surface area contributed by atoms with E-state index in [0.29, 0.717) is 10.4 Å². The number of aromatic nitrogens is 1. The van der Waals surface area contributed by atoms with E-state index < -0.39 is 0 Å². The predicted octanol–water partition coefficient (Wildman–Crippen LogP) is 3.70. The summed E-state index contributed by atoms with van der Waals surface area (Å²) >= 11 is 6.24. The van der Waals surface area contributed by atoms with Gasteiger partial charge >= 0.3 is 149 Å². The molecule has 120 valence electrons. The van der Waals surface area contributed by atoms with Crippen molar-refractivity contribution in [2.75, 3.05) is 24.7 Å². The fraction of sp³-hybridized carbons (Fsp3) is 0.111. The van der Waals surface area contributed by atoms with Crippen molar-refractivity contribution in [2.45, 2.75) is 0 Å². The molecule has 4 nitrogen and oxygen atoms in total. The molecule has 4 rings (SSSR count). The van der Waals surface area contributed by atoms with Gasteiger partial charge in [0.2, 0.25) is 0 Å². The van der Waals surface area contributed by atoms with Crippen LogP contribution in [-0.4, -0.2) is 33.6 Å². The third-order valence-electron chi connectivity index (χ3n) is 4.09. The minimum atomic E-state index is -0.00394. The molecule has 0 unspecified atom stereocenters. The van der Waals surface area contributed by atoms with Crippen molar-refractivity contribution in [3.8, 4) is 0 Å². The summed E-state index contributed by atoms with van der Waals surface area (Å²) in [4.78, 5) is 17.3. The van der Waals surface area contributed by atoms with E-state index in [9.17, 15) is 4.79 Å². The van der Waals surface area contributed by atoms with Gasteiger partial charge < -0.3 is 0 Å². The summed E-state index contributed by atoms with van der Waals surface area (Å²) in [7, 11) is 3.70. The van der Waals surface area contributed by atoms with Gasteiger partial charge in [0.25, 0.3) is 0 Å². The molecule has 2 N–H and O–H groups in total. The number of nitrogens with one attached hydrogen (secondary N) is 2. The van der Waals surface area contributed by atoms with E-state index in [4.69, 9.17) is 16.6 Å². The van der Waals surface area contributed by atoms with Gasteiger partial charge in [-0.3, -0.25) is 0 Å². The van der Waals surface area contributed by atoms with Crippen molar-refractivity contribution >= 4 is 67.8 Å². The van der Waals surface area contributed by atoms with E-state index in [-0.39, 0.29) is 19.9 Å². The predicted molar refractivity (Wildman–Crippen MR) is 104 cm³/mol. The number of anilines is 2. The van der Waals surface area contributed by atoms with Crippen molar-refractivity contribution < 1.29 is 0 Å². The molecule has 0 aliphatic rings. The average molecular weight is 403 g/mol.